The molecule has 0 saturated heterocycles. The Labute approximate surface area is 214 Å². The molecule has 4 rings (SSSR count). The minimum atomic E-state index is -4.63. The summed E-state index contributed by atoms with van der Waals surface area (Å²) in [6.45, 7) is 1.93. The van der Waals surface area contributed by atoms with E-state index >= 15 is 0 Å². The van der Waals surface area contributed by atoms with Gasteiger partial charge in [-0.1, -0.05) is 19.4 Å². The summed E-state index contributed by atoms with van der Waals surface area (Å²) in [7, 11) is 1.53. The molecular weight excluding hydrogens is 544 g/mol. The zero-order valence-corrected chi connectivity index (χ0v) is 21.2. The molecule has 0 spiro atoms. The van der Waals surface area contributed by atoms with E-state index in [9.17, 15) is 22.4 Å². The minimum absolute atomic E-state index is 0.0600. The topological polar surface area (TPSA) is 59.4 Å². The molecule has 0 fully saturated rings. The highest BCUT2D eigenvalue weighted by atomic mass is 79.9. The Kier molecular flexibility index (Phi) is 7.58. The third kappa shape index (κ3) is 5.21. The lowest BCUT2D eigenvalue weighted by Crippen LogP contribution is -2.55. The number of fused-ring (bicyclic) bond motifs is 1. The average molecular weight is 569 g/mol. The third-order valence-corrected chi connectivity index (χ3v) is 6.81. The van der Waals surface area contributed by atoms with Crippen molar-refractivity contribution in [1.82, 2.24) is 15.1 Å². The molecule has 1 aliphatic rings. The second-order valence-corrected chi connectivity index (χ2v) is 9.37. The first-order valence-electron chi connectivity index (χ1n) is 11.5. The van der Waals surface area contributed by atoms with Crippen LogP contribution in [0, 0.1) is 5.82 Å². The number of rotatable bonds is 6. The van der Waals surface area contributed by atoms with Crippen LogP contribution in [-0.4, -0.2) is 35.1 Å². The Balaban J connectivity index is 1.69. The van der Waals surface area contributed by atoms with Gasteiger partial charge in [0, 0.05) is 0 Å². The molecule has 0 radical (unpaired) electrons. The van der Waals surface area contributed by atoms with Gasteiger partial charge in [0.2, 0.25) is 0 Å². The number of nitrogens with zero attached hydrogens (tertiary/aromatic N) is 3. The summed E-state index contributed by atoms with van der Waals surface area (Å²) in [4.78, 5) is 14.2. The zero-order chi connectivity index (χ0) is 26.0. The van der Waals surface area contributed by atoms with Crippen LogP contribution in [0.15, 0.2) is 53.1 Å². The van der Waals surface area contributed by atoms with Crippen LogP contribution in [0.5, 0.6) is 5.75 Å². The lowest BCUT2D eigenvalue weighted by molar-refractivity contribution is -0.149. The van der Waals surface area contributed by atoms with Gasteiger partial charge >= 0.3 is 12.2 Å². The van der Waals surface area contributed by atoms with Gasteiger partial charge in [-0.15, -0.1) is 0 Å². The quantitative estimate of drug-likeness (QED) is 0.336. The lowest BCUT2D eigenvalue weighted by atomic mass is 9.99. The molecule has 3 aromatic rings. The Morgan fingerprint density at radius 3 is 2.58 bits per heavy atom. The van der Waals surface area contributed by atoms with Crippen molar-refractivity contribution < 1.29 is 27.1 Å². The summed E-state index contributed by atoms with van der Waals surface area (Å²) < 4.78 is 62.9. The number of methoxy groups -OCH3 is 1. The van der Waals surface area contributed by atoms with Crippen LogP contribution in [-0.2, 0) is 6.42 Å². The monoisotopic (exact) mass is 568 g/mol. The normalized spacial score (nSPS) is 16.4. The standard InChI is InChI=1S/C25H25BrF4N4O2/c1-3-4-19(15-5-11-22(36-2)18(26)13-15)32-24(35)33-21-14-31-34(17-8-6-16(27)7-9-17)20(21)10-12-23(33)25(28,29)30/h5-9,11,13-14,19,23H,3-4,10,12H2,1-2H3,(H,32,35)/t19-,23?/m0/s1. The Morgan fingerprint density at radius 1 is 1.25 bits per heavy atom. The fourth-order valence-corrected chi connectivity index (χ4v) is 5.02. The van der Waals surface area contributed by atoms with Gasteiger partial charge in [0.15, 0.2) is 0 Å². The first-order chi connectivity index (χ1) is 17.1. The highest BCUT2D eigenvalue weighted by Gasteiger charge is 2.49. The molecule has 2 heterocycles. The average Bonchev–Trinajstić information content (AvgIpc) is 3.27. The van der Waals surface area contributed by atoms with Gasteiger partial charge in [0.25, 0.3) is 0 Å². The SMILES string of the molecule is CCC[C@H](NC(=O)N1c2cnn(-c3ccc(F)cc3)c2CCC1C(F)(F)F)c1ccc(OC)c(Br)c1. The number of ether oxygens (including phenoxy) is 1. The largest absolute Gasteiger partial charge is 0.496 e. The summed E-state index contributed by atoms with van der Waals surface area (Å²) in [5.41, 5.74) is 1.77. The maximum absolute atomic E-state index is 14.1. The molecule has 11 heteroatoms. The van der Waals surface area contributed by atoms with Gasteiger partial charge in [-0.3, -0.25) is 4.90 Å². The predicted octanol–water partition coefficient (Wildman–Crippen LogP) is 6.72. The van der Waals surface area contributed by atoms with Crippen LogP contribution in [0.1, 0.15) is 43.5 Å². The molecule has 36 heavy (non-hydrogen) atoms. The number of anilines is 1. The molecule has 1 unspecified atom stereocenters. The fourth-order valence-electron chi connectivity index (χ4n) is 4.47. The van der Waals surface area contributed by atoms with E-state index < -0.39 is 30.1 Å². The van der Waals surface area contributed by atoms with Crippen molar-refractivity contribution in [2.75, 3.05) is 12.0 Å². The van der Waals surface area contributed by atoms with Crippen LogP contribution in [0.4, 0.5) is 28.0 Å². The van der Waals surface area contributed by atoms with Crippen LogP contribution < -0.4 is 15.0 Å². The number of urea groups is 1. The molecular formula is C25H25BrF4N4O2. The van der Waals surface area contributed by atoms with E-state index in [1.54, 1.807) is 18.2 Å². The molecule has 1 aromatic heterocycles. The first-order valence-corrected chi connectivity index (χ1v) is 12.3. The maximum atomic E-state index is 14.1. The van der Waals surface area contributed by atoms with E-state index in [-0.39, 0.29) is 18.5 Å². The van der Waals surface area contributed by atoms with Crippen molar-refractivity contribution in [2.45, 2.75) is 50.9 Å². The number of benzene rings is 2. The number of carbonyl (C=O) groups is 1. The summed E-state index contributed by atoms with van der Waals surface area (Å²) in [5.74, 6) is 0.163. The van der Waals surface area contributed by atoms with Gasteiger partial charge in [-0.2, -0.15) is 18.3 Å². The van der Waals surface area contributed by atoms with Gasteiger partial charge < -0.3 is 10.1 Å². The number of hydrogen-bond acceptors (Lipinski definition) is 3. The predicted molar refractivity (Wildman–Crippen MR) is 131 cm³/mol. The molecule has 1 aliphatic heterocycles. The van der Waals surface area contributed by atoms with Crippen molar-refractivity contribution in [3.8, 4) is 11.4 Å². The summed E-state index contributed by atoms with van der Waals surface area (Å²) in [6.07, 6.45) is -2.40. The second-order valence-electron chi connectivity index (χ2n) is 8.52. The van der Waals surface area contributed by atoms with E-state index in [1.165, 1.54) is 42.3 Å². The Morgan fingerprint density at radius 2 is 1.97 bits per heavy atom. The molecule has 2 atom stereocenters. The maximum Gasteiger partial charge on any atom is 0.409 e. The Hall–Kier alpha value is -3.08. The Bertz CT molecular complexity index is 1230. The lowest BCUT2D eigenvalue weighted by Gasteiger charge is -2.37. The smallest absolute Gasteiger partial charge is 0.409 e. The number of amides is 2. The third-order valence-electron chi connectivity index (χ3n) is 6.19. The number of hydrogen-bond donors (Lipinski definition) is 1. The van der Waals surface area contributed by atoms with Crippen LogP contribution in [0.3, 0.4) is 0 Å². The molecule has 192 valence electrons. The van der Waals surface area contributed by atoms with Crippen molar-refractivity contribution in [2.24, 2.45) is 0 Å². The molecule has 2 amide bonds. The molecule has 1 N–H and O–H groups in total. The van der Waals surface area contributed by atoms with Crippen LogP contribution in [0.2, 0.25) is 0 Å². The van der Waals surface area contributed by atoms with Gasteiger partial charge in [-0.05, 0) is 77.2 Å². The van der Waals surface area contributed by atoms with Crippen molar-refractivity contribution >= 4 is 27.6 Å². The first kappa shape index (κ1) is 26.0. The molecule has 0 aliphatic carbocycles. The summed E-state index contributed by atoms with van der Waals surface area (Å²) in [5, 5.41) is 7.04. The number of halogens is 5. The fraction of sp³-hybridized carbons (Fsp3) is 0.360. The molecule has 0 bridgehead atoms. The number of aromatic nitrogens is 2. The van der Waals surface area contributed by atoms with Gasteiger partial charge in [0.1, 0.15) is 17.6 Å². The molecule has 0 saturated carbocycles. The van der Waals surface area contributed by atoms with E-state index in [0.717, 1.165) is 10.5 Å². The highest BCUT2D eigenvalue weighted by Crippen LogP contribution is 2.39. The summed E-state index contributed by atoms with van der Waals surface area (Å²) >= 11 is 3.42. The molecule has 2 aromatic carbocycles. The van der Waals surface area contributed by atoms with E-state index in [2.05, 4.69) is 26.3 Å². The van der Waals surface area contributed by atoms with E-state index in [0.29, 0.717) is 34.4 Å². The van der Waals surface area contributed by atoms with Crippen LogP contribution in [0.25, 0.3) is 5.69 Å². The highest BCUT2D eigenvalue weighted by molar-refractivity contribution is 9.10. The minimum Gasteiger partial charge on any atom is -0.496 e. The number of carbonyl (C=O) groups excluding carboxylic acids is 1. The summed E-state index contributed by atoms with van der Waals surface area (Å²) in [6, 6.07) is 7.39. The van der Waals surface area contributed by atoms with Crippen LogP contribution >= 0.6 is 15.9 Å². The van der Waals surface area contributed by atoms with E-state index in [4.69, 9.17) is 4.74 Å². The van der Waals surface area contributed by atoms with Crippen molar-refractivity contribution in [1.29, 1.82) is 0 Å². The van der Waals surface area contributed by atoms with E-state index in [1.807, 2.05) is 6.92 Å². The number of alkyl halides is 3. The van der Waals surface area contributed by atoms with Crippen molar-refractivity contribution in [3.63, 3.8) is 0 Å². The van der Waals surface area contributed by atoms with Gasteiger partial charge in [0.05, 0.1) is 40.9 Å². The second kappa shape index (κ2) is 10.5. The zero-order valence-electron chi connectivity index (χ0n) is 19.6. The van der Waals surface area contributed by atoms with Gasteiger partial charge in [-0.25, -0.2) is 13.9 Å². The number of nitrogens with one attached hydrogen (secondary N) is 1. The molecule has 6 nitrogen and oxygen atoms in total. The van der Waals surface area contributed by atoms with Crippen molar-refractivity contribution in [3.05, 3.63) is 70.2 Å².